The Bertz CT molecular complexity index is 514. The molecule has 1 saturated heterocycles. The van der Waals surface area contributed by atoms with E-state index in [0.29, 0.717) is 24.6 Å². The summed E-state index contributed by atoms with van der Waals surface area (Å²) in [4.78, 5) is 32.5. The molecule has 3 rings (SSSR count). The van der Waals surface area contributed by atoms with Gasteiger partial charge in [0.2, 0.25) is 5.91 Å². The summed E-state index contributed by atoms with van der Waals surface area (Å²) >= 11 is 0. The van der Waals surface area contributed by atoms with Crippen molar-refractivity contribution in [3.8, 4) is 0 Å². The van der Waals surface area contributed by atoms with E-state index in [4.69, 9.17) is 0 Å². The van der Waals surface area contributed by atoms with E-state index in [1.165, 1.54) is 6.42 Å². The summed E-state index contributed by atoms with van der Waals surface area (Å²) in [6.45, 7) is 2.77. The number of rotatable bonds is 2. The molecule has 0 N–H and O–H groups in total. The minimum atomic E-state index is 0.0374. The molecule has 0 spiro atoms. The second-order valence-corrected chi connectivity index (χ2v) is 5.83. The van der Waals surface area contributed by atoms with Gasteiger partial charge in [-0.2, -0.15) is 0 Å². The van der Waals surface area contributed by atoms with Crippen LogP contribution in [0.5, 0.6) is 0 Å². The van der Waals surface area contributed by atoms with Crippen LogP contribution in [0.25, 0.3) is 0 Å². The van der Waals surface area contributed by atoms with Crippen LogP contribution in [0.15, 0.2) is 24.5 Å². The van der Waals surface area contributed by atoms with E-state index in [2.05, 4.69) is 4.98 Å². The highest BCUT2D eigenvalue weighted by molar-refractivity contribution is 5.94. The fraction of sp³-hybridized carbons (Fsp3) is 0.562. The third kappa shape index (κ3) is 3.06. The Balaban J connectivity index is 1.60. The Kier molecular flexibility index (Phi) is 4.18. The van der Waals surface area contributed by atoms with Crippen molar-refractivity contribution in [2.24, 2.45) is 5.92 Å². The summed E-state index contributed by atoms with van der Waals surface area (Å²) in [5.74, 6) is 0.572. The molecule has 1 aromatic rings. The quantitative estimate of drug-likeness (QED) is 0.829. The van der Waals surface area contributed by atoms with Crippen molar-refractivity contribution >= 4 is 11.8 Å². The minimum absolute atomic E-state index is 0.0374. The Labute approximate surface area is 124 Å². The fourth-order valence-corrected chi connectivity index (χ4v) is 2.93. The largest absolute Gasteiger partial charge is 0.341 e. The standard InChI is InChI=1S/C16H21N3O2/c20-15(13-3-1-4-13)18-9-2-10-19(12-11-18)16(21)14-5-7-17-8-6-14/h5-8,13H,1-4,9-12H2. The lowest BCUT2D eigenvalue weighted by atomic mass is 9.84. The molecule has 1 aliphatic carbocycles. The highest BCUT2D eigenvalue weighted by Gasteiger charge is 2.30. The molecular weight excluding hydrogens is 266 g/mol. The summed E-state index contributed by atoms with van der Waals surface area (Å²) in [6.07, 6.45) is 7.38. The van der Waals surface area contributed by atoms with Crippen LogP contribution < -0.4 is 0 Å². The zero-order chi connectivity index (χ0) is 14.7. The highest BCUT2D eigenvalue weighted by Crippen LogP contribution is 2.28. The van der Waals surface area contributed by atoms with Crippen molar-refractivity contribution in [3.63, 3.8) is 0 Å². The van der Waals surface area contributed by atoms with Crippen molar-refractivity contribution in [3.05, 3.63) is 30.1 Å². The minimum Gasteiger partial charge on any atom is -0.341 e. The Morgan fingerprint density at radius 1 is 0.952 bits per heavy atom. The summed E-state index contributed by atoms with van der Waals surface area (Å²) in [5.41, 5.74) is 0.670. The second-order valence-electron chi connectivity index (χ2n) is 5.83. The third-order valence-corrected chi connectivity index (χ3v) is 4.48. The molecule has 0 aromatic carbocycles. The first-order valence-electron chi connectivity index (χ1n) is 7.74. The van der Waals surface area contributed by atoms with Crippen molar-refractivity contribution < 1.29 is 9.59 Å². The Morgan fingerprint density at radius 3 is 2.29 bits per heavy atom. The summed E-state index contributed by atoms with van der Waals surface area (Å²) < 4.78 is 0. The van der Waals surface area contributed by atoms with Gasteiger partial charge in [0.05, 0.1) is 0 Å². The van der Waals surface area contributed by atoms with Gasteiger partial charge in [0.25, 0.3) is 5.91 Å². The zero-order valence-electron chi connectivity index (χ0n) is 12.2. The number of aromatic nitrogens is 1. The smallest absolute Gasteiger partial charge is 0.254 e. The first-order valence-corrected chi connectivity index (χ1v) is 7.74. The van der Waals surface area contributed by atoms with Gasteiger partial charge in [0, 0.05) is 50.1 Å². The first kappa shape index (κ1) is 14.0. The summed E-state index contributed by atoms with van der Waals surface area (Å²) in [7, 11) is 0. The van der Waals surface area contributed by atoms with Crippen LogP contribution in [0.2, 0.25) is 0 Å². The van der Waals surface area contributed by atoms with Gasteiger partial charge in [-0.3, -0.25) is 14.6 Å². The zero-order valence-corrected chi connectivity index (χ0v) is 12.2. The van der Waals surface area contributed by atoms with E-state index < -0.39 is 0 Å². The third-order valence-electron chi connectivity index (χ3n) is 4.48. The lowest BCUT2D eigenvalue weighted by Crippen LogP contribution is -2.41. The lowest BCUT2D eigenvalue weighted by Gasteiger charge is -2.31. The van der Waals surface area contributed by atoms with Gasteiger partial charge in [0.1, 0.15) is 0 Å². The molecule has 2 aliphatic rings. The molecule has 0 bridgehead atoms. The van der Waals surface area contributed by atoms with Crippen molar-refractivity contribution in [1.82, 2.24) is 14.8 Å². The van der Waals surface area contributed by atoms with Crippen molar-refractivity contribution in [2.45, 2.75) is 25.7 Å². The summed E-state index contributed by atoms with van der Waals surface area (Å²) in [5, 5.41) is 0. The molecular formula is C16H21N3O2. The molecule has 2 heterocycles. The average molecular weight is 287 g/mol. The van der Waals surface area contributed by atoms with Crippen LogP contribution in [0.4, 0.5) is 0 Å². The molecule has 112 valence electrons. The first-order chi connectivity index (χ1) is 10.3. The summed E-state index contributed by atoms with van der Waals surface area (Å²) in [6, 6.07) is 3.48. The van der Waals surface area contributed by atoms with Crippen LogP contribution in [0.3, 0.4) is 0 Å². The Morgan fingerprint density at radius 2 is 1.62 bits per heavy atom. The van der Waals surface area contributed by atoms with Crippen LogP contribution in [-0.4, -0.2) is 52.8 Å². The van der Waals surface area contributed by atoms with E-state index in [9.17, 15) is 9.59 Å². The number of amides is 2. The maximum atomic E-state index is 12.4. The van der Waals surface area contributed by atoms with Gasteiger partial charge < -0.3 is 9.80 Å². The van der Waals surface area contributed by atoms with Gasteiger partial charge in [-0.25, -0.2) is 0 Å². The van der Waals surface area contributed by atoms with E-state index in [-0.39, 0.29) is 11.8 Å². The number of pyridine rings is 1. The molecule has 0 radical (unpaired) electrons. The number of hydrogen-bond donors (Lipinski definition) is 0. The molecule has 21 heavy (non-hydrogen) atoms. The fourth-order valence-electron chi connectivity index (χ4n) is 2.93. The number of hydrogen-bond acceptors (Lipinski definition) is 3. The molecule has 2 amide bonds. The topological polar surface area (TPSA) is 53.5 Å². The van der Waals surface area contributed by atoms with Gasteiger partial charge >= 0.3 is 0 Å². The van der Waals surface area contributed by atoms with Gasteiger partial charge in [-0.05, 0) is 31.4 Å². The van der Waals surface area contributed by atoms with Crippen molar-refractivity contribution in [2.75, 3.05) is 26.2 Å². The van der Waals surface area contributed by atoms with Gasteiger partial charge in [-0.15, -0.1) is 0 Å². The monoisotopic (exact) mass is 287 g/mol. The van der Waals surface area contributed by atoms with Crippen LogP contribution in [-0.2, 0) is 4.79 Å². The maximum Gasteiger partial charge on any atom is 0.254 e. The molecule has 1 aromatic heterocycles. The molecule has 5 nitrogen and oxygen atoms in total. The molecule has 5 heteroatoms. The predicted molar refractivity (Wildman–Crippen MR) is 78.7 cm³/mol. The second kappa shape index (κ2) is 6.24. The predicted octanol–water partition coefficient (Wildman–Crippen LogP) is 1.56. The maximum absolute atomic E-state index is 12.4. The number of nitrogens with zero attached hydrogens (tertiary/aromatic N) is 3. The van der Waals surface area contributed by atoms with E-state index in [1.54, 1.807) is 24.5 Å². The van der Waals surface area contributed by atoms with Crippen molar-refractivity contribution in [1.29, 1.82) is 0 Å². The average Bonchev–Trinajstić information content (AvgIpc) is 2.71. The molecule has 2 fully saturated rings. The van der Waals surface area contributed by atoms with Crippen LogP contribution >= 0.6 is 0 Å². The van der Waals surface area contributed by atoms with E-state index >= 15 is 0 Å². The van der Waals surface area contributed by atoms with E-state index in [1.807, 2.05) is 9.80 Å². The lowest BCUT2D eigenvalue weighted by molar-refractivity contribution is -0.138. The SMILES string of the molecule is O=C(c1ccncc1)N1CCCN(C(=O)C2CCC2)CC1. The van der Waals surface area contributed by atoms with Crippen LogP contribution in [0.1, 0.15) is 36.0 Å². The molecule has 1 saturated carbocycles. The number of carbonyl (C=O) groups excluding carboxylic acids is 2. The van der Waals surface area contributed by atoms with Gasteiger partial charge in [-0.1, -0.05) is 6.42 Å². The molecule has 0 atom stereocenters. The molecule has 0 unspecified atom stereocenters. The van der Waals surface area contributed by atoms with Gasteiger partial charge in [0.15, 0.2) is 0 Å². The molecule has 1 aliphatic heterocycles. The van der Waals surface area contributed by atoms with Crippen LogP contribution in [0, 0.1) is 5.92 Å². The normalized spacial score (nSPS) is 19.8. The van der Waals surface area contributed by atoms with E-state index in [0.717, 1.165) is 32.4 Å². The number of carbonyl (C=O) groups is 2. The highest BCUT2D eigenvalue weighted by atomic mass is 16.2. The Hall–Kier alpha value is -1.91.